The van der Waals surface area contributed by atoms with Gasteiger partial charge in [0.1, 0.15) is 34.5 Å². The molecule has 0 aliphatic carbocycles. The van der Waals surface area contributed by atoms with Gasteiger partial charge in [-0.2, -0.15) is 0 Å². The van der Waals surface area contributed by atoms with Crippen LogP contribution in [0.15, 0.2) is 297 Å². The van der Waals surface area contributed by atoms with Gasteiger partial charge in [-0.3, -0.25) is 0 Å². The van der Waals surface area contributed by atoms with Crippen molar-refractivity contribution in [2.75, 3.05) is 108 Å². The highest BCUT2D eigenvalue weighted by atomic mass is 16.6. The molecule has 0 saturated heterocycles. The molecule has 12 nitrogen and oxygen atoms in total. The summed E-state index contributed by atoms with van der Waals surface area (Å²) in [6, 6.07) is 48.2. The first-order valence-corrected chi connectivity index (χ1v) is 35.8. The van der Waals surface area contributed by atoms with Gasteiger partial charge in [-0.1, -0.05) is 72.9 Å². The Morgan fingerprint density at radius 1 is 0.167 bits per heavy atom. The van der Waals surface area contributed by atoms with Gasteiger partial charge in [-0.25, -0.2) is 0 Å². The second-order valence-corrected chi connectivity index (χ2v) is 24.4. The van der Waals surface area contributed by atoms with Gasteiger partial charge in [0, 0.05) is 113 Å². The molecule has 0 amide bonds. The van der Waals surface area contributed by atoms with Crippen molar-refractivity contribution in [2.45, 2.75) is 77.0 Å². The zero-order chi connectivity index (χ0) is 72.5. The van der Waals surface area contributed by atoms with E-state index in [0.717, 1.165) is 190 Å². The lowest BCUT2D eigenvalue weighted by molar-refractivity contribution is 0.326. The number of hydrogen-bond acceptors (Lipinski definition) is 12. The van der Waals surface area contributed by atoms with E-state index in [1.165, 1.54) is 0 Å². The van der Waals surface area contributed by atoms with Crippen LogP contribution in [0.3, 0.4) is 0 Å². The van der Waals surface area contributed by atoms with E-state index in [0.29, 0.717) is 34.5 Å². The molecule has 7 aromatic carbocycles. The molecule has 0 aliphatic heterocycles. The molecule has 12 heteroatoms. The Bertz CT molecular complexity index is 3040. The van der Waals surface area contributed by atoms with Gasteiger partial charge in [0.05, 0.1) is 0 Å². The van der Waals surface area contributed by atoms with E-state index >= 15 is 0 Å². The lowest BCUT2D eigenvalue weighted by Crippen LogP contribution is -2.25. The van der Waals surface area contributed by atoms with E-state index in [9.17, 15) is 0 Å². The van der Waals surface area contributed by atoms with E-state index in [2.05, 4.69) is 181 Å². The lowest BCUT2D eigenvalue weighted by atomic mass is 10.1. The van der Waals surface area contributed by atoms with Crippen LogP contribution in [-0.2, 0) is 0 Å². The molecule has 7 rings (SSSR count). The molecular formula is C90H108N6O6. The summed E-state index contributed by atoms with van der Waals surface area (Å²) in [6.07, 6.45) is 32.9. The second kappa shape index (κ2) is 44.2. The average molecular weight is 1370 g/mol. The van der Waals surface area contributed by atoms with Crippen molar-refractivity contribution in [2.24, 2.45) is 0 Å². The minimum atomic E-state index is 0.129. The summed E-state index contributed by atoms with van der Waals surface area (Å²) in [5.74, 6) is 3.59. The van der Waals surface area contributed by atoms with Crippen molar-refractivity contribution >= 4 is 34.1 Å². The Hall–Kier alpha value is -11.0. The summed E-state index contributed by atoms with van der Waals surface area (Å²) >= 11 is 0. The first kappa shape index (κ1) is 78.4. The normalized spacial score (nSPS) is 10.6. The molecule has 0 heterocycles. The first-order valence-electron chi connectivity index (χ1n) is 35.8. The summed E-state index contributed by atoms with van der Waals surface area (Å²) in [4.78, 5) is 13.9. The number of nitrogens with zero attached hydrogens (tertiary/aromatic N) is 6. The molecule has 0 N–H and O–H groups in total. The summed E-state index contributed by atoms with van der Waals surface area (Å²) in [5.41, 5.74) is 6.02. The minimum Gasteiger partial charge on any atom is -0.449 e. The van der Waals surface area contributed by atoms with Crippen LogP contribution < -0.4 is 57.8 Å². The Morgan fingerprint density at radius 3 is 0.353 bits per heavy atom. The third-order valence-corrected chi connectivity index (χ3v) is 17.0. The Labute approximate surface area is 610 Å². The van der Waals surface area contributed by atoms with E-state index in [4.69, 9.17) is 28.4 Å². The number of hydrogen-bond donors (Lipinski definition) is 0. The predicted molar refractivity (Wildman–Crippen MR) is 437 cm³/mol. The van der Waals surface area contributed by atoms with Crippen LogP contribution in [0.5, 0.6) is 69.0 Å². The molecule has 0 aliphatic rings. The van der Waals surface area contributed by atoms with Gasteiger partial charge in [-0.05, 0) is 223 Å². The van der Waals surface area contributed by atoms with Crippen LogP contribution >= 0.6 is 0 Å². The standard InChI is InChI=1S/C90H108N6O6/c1-13-25-61-91(62-26-14-2)73-37-49-79(50-38-73)97-85-86(98-80-51-39-74(40-52-80)92(63-27-15-3)64-28-16-4)88(100-82-55-43-76(44-56-82)94(67-31-19-7)68-32-20-8)90(102-84-59-47-78(48-60-84)96(71-35-23-11)72-36-24-12)89(101-83-57-45-77(46-58-83)95(69-33-21-9)70-34-22-10)87(85)99-81-53-41-75(42-54-81)93(65-29-17-5)66-30-18-6/h13-24,37-60H,1-12,25-36,61-72H2. The van der Waals surface area contributed by atoms with Crippen molar-refractivity contribution in [1.29, 1.82) is 0 Å². The van der Waals surface area contributed by atoms with Crippen LogP contribution in [0, 0.1) is 0 Å². The largest absolute Gasteiger partial charge is 0.449 e. The maximum atomic E-state index is 7.47. The van der Waals surface area contributed by atoms with Crippen molar-refractivity contribution in [3.8, 4) is 69.0 Å². The van der Waals surface area contributed by atoms with Gasteiger partial charge in [0.2, 0.25) is 34.5 Å². The van der Waals surface area contributed by atoms with Crippen LogP contribution in [0.4, 0.5) is 34.1 Å². The van der Waals surface area contributed by atoms with E-state index in [-0.39, 0.29) is 34.5 Å². The molecular weight excluding hydrogens is 1260 g/mol. The van der Waals surface area contributed by atoms with Crippen molar-refractivity contribution in [1.82, 2.24) is 0 Å². The van der Waals surface area contributed by atoms with Crippen molar-refractivity contribution in [3.63, 3.8) is 0 Å². The van der Waals surface area contributed by atoms with Crippen LogP contribution in [0.2, 0.25) is 0 Å². The summed E-state index contributed by atoms with van der Waals surface area (Å²) in [6.45, 7) is 57.6. The molecule has 102 heavy (non-hydrogen) atoms. The fourth-order valence-corrected chi connectivity index (χ4v) is 11.4. The molecule has 0 fully saturated rings. The fraction of sp³-hybridized carbons (Fsp3) is 0.267. The van der Waals surface area contributed by atoms with E-state index in [1.54, 1.807) is 0 Å². The zero-order valence-electron chi connectivity index (χ0n) is 60.4. The summed E-state index contributed by atoms with van der Waals surface area (Å²) in [7, 11) is 0. The van der Waals surface area contributed by atoms with Gasteiger partial charge in [-0.15, -0.1) is 78.9 Å². The molecule has 0 saturated carbocycles. The Morgan fingerprint density at radius 2 is 0.265 bits per heavy atom. The highest BCUT2D eigenvalue weighted by Gasteiger charge is 2.35. The maximum Gasteiger partial charge on any atom is 0.220 e. The zero-order valence-corrected chi connectivity index (χ0v) is 60.4. The number of ether oxygens (including phenoxy) is 6. The van der Waals surface area contributed by atoms with Gasteiger partial charge in [0.25, 0.3) is 0 Å². The average Bonchev–Trinajstić information content (AvgIpc) is 0.749. The number of rotatable bonds is 54. The topological polar surface area (TPSA) is 74.8 Å². The smallest absolute Gasteiger partial charge is 0.220 e. The van der Waals surface area contributed by atoms with Crippen LogP contribution in [-0.4, -0.2) is 78.5 Å². The molecule has 534 valence electrons. The molecule has 7 aromatic rings. The highest BCUT2D eigenvalue weighted by Crippen LogP contribution is 2.63. The summed E-state index contributed by atoms with van der Waals surface area (Å²) in [5, 5.41) is 0. The highest BCUT2D eigenvalue weighted by molar-refractivity contribution is 5.77. The SMILES string of the molecule is C=CCCN(CCC=C)c1ccc(Oc2c(Oc3ccc(N(CCC=C)CCC=C)cc3)c(Oc3ccc(N(CCC=C)CCC=C)cc3)c(Oc3ccc(N(CCC=C)CCC=C)cc3)c(Oc3ccc(N(CCC=C)CCC=C)cc3)c2Oc2ccc(N(CCC=C)CCC=C)cc2)cc1. The third-order valence-electron chi connectivity index (χ3n) is 17.0. The van der Waals surface area contributed by atoms with Crippen LogP contribution in [0.1, 0.15) is 77.0 Å². The molecule has 0 aromatic heterocycles. The quantitative estimate of drug-likeness (QED) is 0.0341. The number of anilines is 6. The number of benzene rings is 7. The Kier molecular flexibility index (Phi) is 34.0. The van der Waals surface area contributed by atoms with Crippen LogP contribution in [0.25, 0.3) is 0 Å². The van der Waals surface area contributed by atoms with E-state index in [1.807, 2.05) is 146 Å². The molecule has 0 spiro atoms. The van der Waals surface area contributed by atoms with Gasteiger partial charge in [0.15, 0.2) is 0 Å². The van der Waals surface area contributed by atoms with Gasteiger partial charge >= 0.3 is 0 Å². The summed E-state index contributed by atoms with van der Waals surface area (Å²) < 4.78 is 44.8. The molecule has 0 bridgehead atoms. The molecule has 0 unspecified atom stereocenters. The van der Waals surface area contributed by atoms with Crippen molar-refractivity contribution < 1.29 is 28.4 Å². The monoisotopic (exact) mass is 1370 g/mol. The molecule has 0 atom stereocenters. The Balaban J connectivity index is 1.62. The maximum absolute atomic E-state index is 7.47. The third kappa shape index (κ3) is 24.1. The van der Waals surface area contributed by atoms with E-state index < -0.39 is 0 Å². The minimum absolute atomic E-state index is 0.129. The first-order chi connectivity index (χ1) is 50.1. The van der Waals surface area contributed by atoms with Gasteiger partial charge < -0.3 is 57.8 Å². The predicted octanol–water partition coefficient (Wildman–Crippen LogP) is 24.2. The second-order valence-electron chi connectivity index (χ2n) is 24.4. The molecule has 0 radical (unpaired) electrons. The fourth-order valence-electron chi connectivity index (χ4n) is 11.4. The van der Waals surface area contributed by atoms with Crippen molar-refractivity contribution in [3.05, 3.63) is 297 Å². The lowest BCUT2D eigenvalue weighted by Gasteiger charge is -2.27.